The minimum Gasteiger partial charge on any atom is -0.451 e. The SMILES string of the molecule is CC[C@H]1O[C@@H](n2c(=O)sc3cnc(N)nc32)[C@](C)(OC(=O)c2ccccc2)[C@@H]1C.C[C@@]1(O)[C@H](O)[C@@H](CO)O[C@H]1n1c(=O)sc2cnc(N)nc21. The predicted octanol–water partition coefficient (Wildman–Crippen LogP) is 1.43. The van der Waals surface area contributed by atoms with E-state index in [0.29, 0.717) is 27.0 Å². The first-order valence-electron chi connectivity index (χ1n) is 15.6. The van der Waals surface area contributed by atoms with E-state index in [9.17, 15) is 29.7 Å². The molecule has 2 aliphatic heterocycles. The highest BCUT2D eigenvalue weighted by atomic mass is 32.1. The summed E-state index contributed by atoms with van der Waals surface area (Å²) in [6, 6.07) is 8.76. The third-order valence-corrected chi connectivity index (χ3v) is 10.9. The lowest BCUT2D eigenvalue weighted by Gasteiger charge is -2.33. The Morgan fingerprint density at radius 1 is 0.940 bits per heavy atom. The van der Waals surface area contributed by atoms with Gasteiger partial charge in [0, 0.05) is 5.92 Å². The molecular weight excluding hydrogens is 693 g/mol. The molecule has 0 spiro atoms. The van der Waals surface area contributed by atoms with E-state index >= 15 is 0 Å². The van der Waals surface area contributed by atoms with Crippen LogP contribution in [0.4, 0.5) is 11.9 Å². The van der Waals surface area contributed by atoms with E-state index in [2.05, 4.69) is 19.9 Å². The number of rotatable bonds is 6. The van der Waals surface area contributed by atoms with Crippen LogP contribution in [0.25, 0.3) is 20.7 Å². The summed E-state index contributed by atoms with van der Waals surface area (Å²) in [4.78, 5) is 53.1. The Labute approximate surface area is 291 Å². The van der Waals surface area contributed by atoms with Crippen LogP contribution in [0, 0.1) is 5.92 Å². The molecule has 2 saturated heterocycles. The first-order chi connectivity index (χ1) is 23.7. The Bertz CT molecular complexity index is 2150. The Kier molecular flexibility index (Phi) is 9.50. The van der Waals surface area contributed by atoms with Crippen LogP contribution in [-0.2, 0) is 14.2 Å². The zero-order valence-electron chi connectivity index (χ0n) is 27.4. The van der Waals surface area contributed by atoms with Crippen molar-refractivity contribution < 1.29 is 34.3 Å². The number of carbonyl (C=O) groups is 1. The van der Waals surface area contributed by atoms with Crippen molar-refractivity contribution >= 4 is 61.2 Å². The summed E-state index contributed by atoms with van der Waals surface area (Å²) in [7, 11) is 0. The first kappa shape index (κ1) is 35.5. The second-order valence-electron chi connectivity index (χ2n) is 12.4. The number of fused-ring (bicyclic) bond motifs is 2. The van der Waals surface area contributed by atoms with Crippen molar-refractivity contribution in [2.24, 2.45) is 5.92 Å². The molecular formula is C31H36N8O9S2. The summed E-state index contributed by atoms with van der Waals surface area (Å²) in [5.41, 5.74) is 9.47. The van der Waals surface area contributed by atoms with Crippen LogP contribution < -0.4 is 21.2 Å². The molecule has 0 amide bonds. The molecule has 6 heterocycles. The van der Waals surface area contributed by atoms with Crippen molar-refractivity contribution in [3.05, 3.63) is 67.6 Å². The molecule has 2 aliphatic rings. The molecule has 0 unspecified atom stereocenters. The van der Waals surface area contributed by atoms with Crippen molar-refractivity contribution in [1.82, 2.24) is 29.1 Å². The molecule has 50 heavy (non-hydrogen) atoms. The van der Waals surface area contributed by atoms with E-state index < -0.39 is 53.3 Å². The summed E-state index contributed by atoms with van der Waals surface area (Å²) >= 11 is 1.88. The maximum Gasteiger partial charge on any atom is 0.338 e. The molecule has 7 rings (SSSR count). The number of anilines is 2. The fraction of sp³-hybridized carbons (Fsp3) is 0.452. The minimum atomic E-state index is -1.76. The number of aliphatic hydroxyl groups excluding tert-OH is 2. The van der Waals surface area contributed by atoms with E-state index in [1.54, 1.807) is 31.2 Å². The van der Waals surface area contributed by atoms with Crippen LogP contribution in [0.1, 0.15) is 56.9 Å². The van der Waals surface area contributed by atoms with E-state index in [1.165, 1.54) is 23.9 Å². The third-order valence-electron chi connectivity index (χ3n) is 9.14. The highest BCUT2D eigenvalue weighted by Crippen LogP contribution is 2.47. The molecule has 5 aromatic rings. The number of nitrogens with two attached hydrogens (primary N) is 2. The lowest BCUT2D eigenvalue weighted by Crippen LogP contribution is -2.45. The van der Waals surface area contributed by atoms with Gasteiger partial charge in [0.15, 0.2) is 29.4 Å². The van der Waals surface area contributed by atoms with Gasteiger partial charge in [-0.15, -0.1) is 0 Å². The number of aliphatic hydroxyl groups is 3. The van der Waals surface area contributed by atoms with Crippen molar-refractivity contribution in [2.45, 2.75) is 76.1 Å². The fourth-order valence-electron chi connectivity index (χ4n) is 6.23. The molecule has 19 heteroatoms. The van der Waals surface area contributed by atoms with Gasteiger partial charge in [0.25, 0.3) is 0 Å². The van der Waals surface area contributed by atoms with Gasteiger partial charge in [-0.05, 0) is 32.4 Å². The summed E-state index contributed by atoms with van der Waals surface area (Å²) < 4.78 is 21.3. The number of nitrogens with zero attached hydrogens (tertiary/aromatic N) is 6. The van der Waals surface area contributed by atoms with Gasteiger partial charge in [-0.2, -0.15) is 9.97 Å². The maximum atomic E-state index is 12.9. The van der Waals surface area contributed by atoms with Gasteiger partial charge in [0.05, 0.1) is 40.1 Å². The lowest BCUT2D eigenvalue weighted by atomic mass is 9.86. The molecule has 0 saturated carbocycles. The van der Waals surface area contributed by atoms with Gasteiger partial charge in [0.1, 0.15) is 17.8 Å². The van der Waals surface area contributed by atoms with Crippen LogP contribution in [0.3, 0.4) is 0 Å². The smallest absolute Gasteiger partial charge is 0.338 e. The van der Waals surface area contributed by atoms with Crippen LogP contribution in [0.5, 0.6) is 0 Å². The van der Waals surface area contributed by atoms with E-state index in [4.69, 9.17) is 25.7 Å². The molecule has 1 aromatic carbocycles. The topological polar surface area (TPSA) is 253 Å². The van der Waals surface area contributed by atoms with Crippen molar-refractivity contribution in [2.75, 3.05) is 18.1 Å². The predicted molar refractivity (Wildman–Crippen MR) is 183 cm³/mol. The quantitative estimate of drug-likeness (QED) is 0.155. The summed E-state index contributed by atoms with van der Waals surface area (Å²) in [5.74, 6) is -0.575. The fourth-order valence-corrected chi connectivity index (χ4v) is 7.85. The van der Waals surface area contributed by atoms with Crippen LogP contribution in [-0.4, -0.2) is 86.5 Å². The van der Waals surface area contributed by atoms with Gasteiger partial charge in [-0.1, -0.05) is 54.7 Å². The number of esters is 1. The van der Waals surface area contributed by atoms with E-state index in [1.807, 2.05) is 19.9 Å². The number of benzene rings is 1. The van der Waals surface area contributed by atoms with Crippen molar-refractivity contribution in [3.8, 4) is 0 Å². The molecule has 266 valence electrons. The van der Waals surface area contributed by atoms with Gasteiger partial charge < -0.3 is 41.0 Å². The molecule has 0 bridgehead atoms. The minimum absolute atomic E-state index is 0.0223. The molecule has 0 aliphatic carbocycles. The van der Waals surface area contributed by atoms with E-state index in [0.717, 1.165) is 27.2 Å². The van der Waals surface area contributed by atoms with Gasteiger partial charge >= 0.3 is 15.7 Å². The van der Waals surface area contributed by atoms with E-state index in [-0.39, 0.29) is 34.4 Å². The number of thiazole rings is 2. The van der Waals surface area contributed by atoms with Gasteiger partial charge in [-0.25, -0.2) is 14.8 Å². The number of nitrogen functional groups attached to an aromatic ring is 2. The Balaban J connectivity index is 0.000000182. The normalized spacial score (nSPS) is 29.3. The van der Waals surface area contributed by atoms with Crippen LogP contribution >= 0.6 is 22.7 Å². The third kappa shape index (κ3) is 6.03. The number of hydrogen-bond donors (Lipinski definition) is 5. The van der Waals surface area contributed by atoms with Crippen LogP contribution in [0.2, 0.25) is 0 Å². The molecule has 4 aromatic heterocycles. The summed E-state index contributed by atoms with van der Waals surface area (Å²) in [6.45, 7) is 6.62. The summed E-state index contributed by atoms with van der Waals surface area (Å²) in [6.07, 6.45) is -0.892. The standard InChI is InChI=1S/C20H22N4O4S.C11H14N4O5S/c1-4-13-11(2)20(3,28-16(25)12-8-6-5-7-9-12)17(27-13)24-15-14(29-19(24)26)10-22-18(21)23-15;1-11(19)6(17)4(3-16)20-8(11)15-7-5(21-10(15)18)2-13-9(12)14-7/h5-11,13,17H,4H2,1-3H3,(H2,21,22,23);2,4,6,8,16-17,19H,3H2,1H3,(H2,12,13,14)/t11-,13-,17-,20-;4-,6-,8-,11-/m11/s1. The molecule has 8 atom stereocenters. The number of ether oxygens (including phenoxy) is 3. The van der Waals surface area contributed by atoms with Gasteiger partial charge in [0.2, 0.25) is 11.9 Å². The molecule has 0 radical (unpaired) electrons. The second-order valence-corrected chi connectivity index (χ2v) is 14.3. The Morgan fingerprint density at radius 2 is 1.46 bits per heavy atom. The Hall–Kier alpha value is -4.37. The zero-order chi connectivity index (χ0) is 36.1. The highest BCUT2D eigenvalue weighted by molar-refractivity contribution is 7.16. The molecule has 2 fully saturated rings. The highest BCUT2D eigenvalue weighted by Gasteiger charge is 2.56. The summed E-state index contributed by atoms with van der Waals surface area (Å²) in [5, 5.41) is 29.6. The zero-order valence-corrected chi connectivity index (χ0v) is 29.0. The number of aromatic nitrogens is 6. The first-order valence-corrected chi connectivity index (χ1v) is 17.2. The molecule has 7 N–H and O–H groups in total. The van der Waals surface area contributed by atoms with Crippen molar-refractivity contribution in [1.29, 1.82) is 0 Å². The second kappa shape index (κ2) is 13.4. The lowest BCUT2D eigenvalue weighted by molar-refractivity contribution is -0.0957. The number of carbonyl (C=O) groups excluding carboxylic acids is 1. The number of hydrogen-bond acceptors (Lipinski definition) is 17. The largest absolute Gasteiger partial charge is 0.451 e. The monoisotopic (exact) mass is 728 g/mol. The van der Waals surface area contributed by atoms with Crippen LogP contribution in [0.15, 0.2) is 52.3 Å². The average Bonchev–Trinajstić information content (AvgIpc) is 3.73. The van der Waals surface area contributed by atoms with Gasteiger partial charge in [-0.3, -0.25) is 18.7 Å². The average molecular weight is 729 g/mol. The molecule has 17 nitrogen and oxygen atoms in total. The maximum absolute atomic E-state index is 12.9. The Morgan fingerprint density at radius 3 is 1.96 bits per heavy atom. The van der Waals surface area contributed by atoms with Crippen molar-refractivity contribution in [3.63, 3.8) is 0 Å².